The Balaban J connectivity index is 1.94. The first-order valence-corrected chi connectivity index (χ1v) is 12.4. The van der Waals surface area contributed by atoms with Gasteiger partial charge in [0, 0.05) is 25.7 Å². The lowest BCUT2D eigenvalue weighted by atomic mass is 10.1. The molecule has 0 aliphatic heterocycles. The summed E-state index contributed by atoms with van der Waals surface area (Å²) in [5.41, 5.74) is 0.115. The van der Waals surface area contributed by atoms with E-state index in [0.717, 1.165) is 27.1 Å². The molecular formula is C17H21F3N6O6S2. The fourth-order valence-corrected chi connectivity index (χ4v) is 5.02. The van der Waals surface area contributed by atoms with Crippen molar-refractivity contribution in [1.29, 1.82) is 0 Å². The highest BCUT2D eigenvalue weighted by Gasteiger charge is 2.41. The zero-order valence-corrected chi connectivity index (χ0v) is 19.8. The third kappa shape index (κ3) is 5.83. The summed E-state index contributed by atoms with van der Waals surface area (Å²) in [6.07, 6.45) is -3.14. The predicted octanol–water partition coefficient (Wildman–Crippen LogP) is 1.04. The molecule has 2 aromatic rings. The van der Waals surface area contributed by atoms with Crippen molar-refractivity contribution in [3.05, 3.63) is 36.2 Å². The van der Waals surface area contributed by atoms with Gasteiger partial charge in [0.05, 0.1) is 6.54 Å². The molecule has 1 fully saturated rings. The molecule has 3 rings (SSSR count). The fourth-order valence-electron chi connectivity index (χ4n) is 2.81. The van der Waals surface area contributed by atoms with Crippen LogP contribution in [0, 0.1) is 0 Å². The number of hydrogen-bond donors (Lipinski definition) is 0. The van der Waals surface area contributed by atoms with Crippen molar-refractivity contribution in [2.75, 3.05) is 27.7 Å². The summed E-state index contributed by atoms with van der Waals surface area (Å²) in [5.74, 6) is -0.524. The van der Waals surface area contributed by atoms with Gasteiger partial charge in [-0.15, -0.1) is 22.4 Å². The summed E-state index contributed by atoms with van der Waals surface area (Å²) in [6, 6.07) is 4.36. The number of benzene rings is 1. The molecule has 17 heteroatoms. The monoisotopic (exact) mass is 526 g/mol. The Hall–Kier alpha value is -2.76. The molecule has 0 N–H and O–H groups in total. The quantitative estimate of drug-likeness (QED) is 0.331. The van der Waals surface area contributed by atoms with Crippen molar-refractivity contribution in [1.82, 2.24) is 22.8 Å². The molecule has 34 heavy (non-hydrogen) atoms. The summed E-state index contributed by atoms with van der Waals surface area (Å²) in [6.45, 7) is -0.398. The number of rotatable bonds is 10. The first-order chi connectivity index (χ1) is 15.8. The highest BCUT2D eigenvalue weighted by atomic mass is 32.2. The first-order valence-electron chi connectivity index (χ1n) is 9.58. The van der Waals surface area contributed by atoms with Gasteiger partial charge in [-0.25, -0.2) is 13.4 Å². The largest absolute Gasteiger partial charge is 0.573 e. The van der Waals surface area contributed by atoms with Gasteiger partial charge >= 0.3 is 16.6 Å². The SMILES string of the molecule is CO/N=C(\CN(C1CC1)S(=O)(=O)c1ncn(S(=O)(=O)N(C)C)n1)c1cccc(OC(F)(F)F)c1. The van der Waals surface area contributed by atoms with Crippen LogP contribution >= 0.6 is 0 Å². The molecule has 1 heterocycles. The van der Waals surface area contributed by atoms with Crippen LogP contribution in [0.5, 0.6) is 5.75 Å². The molecule has 0 unspecified atom stereocenters. The number of sulfonamides is 1. The fraction of sp³-hybridized carbons (Fsp3) is 0.471. The zero-order valence-electron chi connectivity index (χ0n) is 18.2. The average Bonchev–Trinajstić information content (AvgIpc) is 3.42. The number of halogens is 3. The van der Waals surface area contributed by atoms with E-state index in [2.05, 4.69) is 20.0 Å². The summed E-state index contributed by atoms with van der Waals surface area (Å²) in [5, 5.41) is 6.64. The van der Waals surface area contributed by atoms with E-state index in [-0.39, 0.29) is 11.3 Å². The van der Waals surface area contributed by atoms with Gasteiger partial charge in [0.25, 0.3) is 15.2 Å². The number of ether oxygens (including phenoxy) is 1. The Kier molecular flexibility index (Phi) is 7.20. The van der Waals surface area contributed by atoms with Gasteiger partial charge in [0.1, 0.15) is 24.9 Å². The number of oxime groups is 1. The Bertz CT molecular complexity index is 1270. The van der Waals surface area contributed by atoms with Crippen LogP contribution in [-0.4, -0.2) is 85.5 Å². The van der Waals surface area contributed by atoms with Crippen LogP contribution in [0.2, 0.25) is 0 Å². The second-order valence-corrected chi connectivity index (χ2v) is 11.1. The van der Waals surface area contributed by atoms with Gasteiger partial charge in [-0.3, -0.25) is 0 Å². The number of aromatic nitrogens is 3. The highest BCUT2D eigenvalue weighted by molar-refractivity contribution is 7.89. The molecule has 0 atom stereocenters. The van der Waals surface area contributed by atoms with Crippen LogP contribution in [0.15, 0.2) is 40.9 Å². The third-order valence-electron chi connectivity index (χ3n) is 4.55. The van der Waals surface area contributed by atoms with E-state index < -0.39 is 50.1 Å². The van der Waals surface area contributed by atoms with Crippen molar-refractivity contribution in [3.63, 3.8) is 0 Å². The maximum atomic E-state index is 13.3. The van der Waals surface area contributed by atoms with E-state index in [0.29, 0.717) is 16.9 Å². The first kappa shape index (κ1) is 25.9. The van der Waals surface area contributed by atoms with Gasteiger partial charge in [0.2, 0.25) is 0 Å². The van der Waals surface area contributed by atoms with E-state index in [1.54, 1.807) is 0 Å². The number of hydrogen-bond acceptors (Lipinski definition) is 9. The lowest BCUT2D eigenvalue weighted by Crippen LogP contribution is -2.38. The molecule has 0 saturated heterocycles. The van der Waals surface area contributed by atoms with Crippen molar-refractivity contribution in [2.24, 2.45) is 5.16 Å². The second-order valence-electron chi connectivity index (χ2n) is 7.27. The highest BCUT2D eigenvalue weighted by Crippen LogP contribution is 2.32. The Morgan fingerprint density at radius 3 is 2.47 bits per heavy atom. The summed E-state index contributed by atoms with van der Waals surface area (Å²) in [7, 11) is -4.82. The summed E-state index contributed by atoms with van der Waals surface area (Å²) < 4.78 is 94.9. The molecule has 0 spiro atoms. The van der Waals surface area contributed by atoms with Crippen LogP contribution in [0.25, 0.3) is 0 Å². The van der Waals surface area contributed by atoms with Crippen LogP contribution in [0.4, 0.5) is 13.2 Å². The van der Waals surface area contributed by atoms with Gasteiger partial charge < -0.3 is 9.57 Å². The molecule has 1 aromatic carbocycles. The van der Waals surface area contributed by atoms with Crippen LogP contribution in [0.1, 0.15) is 18.4 Å². The number of alkyl halides is 3. The predicted molar refractivity (Wildman–Crippen MR) is 112 cm³/mol. The van der Waals surface area contributed by atoms with E-state index in [1.165, 1.54) is 33.3 Å². The van der Waals surface area contributed by atoms with E-state index in [4.69, 9.17) is 4.84 Å². The van der Waals surface area contributed by atoms with Crippen LogP contribution in [-0.2, 0) is 25.1 Å². The molecule has 1 aromatic heterocycles. The van der Waals surface area contributed by atoms with E-state index in [9.17, 15) is 30.0 Å². The molecule has 188 valence electrons. The maximum absolute atomic E-state index is 13.3. The minimum atomic E-state index is -4.92. The standard InChI is InChI=1S/C17H21F3N6O6S2/c1-24(2)34(29,30)26-11-21-16(22-26)33(27,28)25(13-7-8-13)10-15(23-31-3)12-5-4-6-14(9-12)32-17(18,19)20/h4-6,9,11,13H,7-8,10H2,1-3H3/b23-15+. The molecule has 1 aliphatic rings. The van der Waals surface area contributed by atoms with Crippen LogP contribution in [0.3, 0.4) is 0 Å². The Labute approximate surface area is 193 Å². The summed E-state index contributed by atoms with van der Waals surface area (Å²) in [4.78, 5) is 8.43. The van der Waals surface area contributed by atoms with Gasteiger partial charge in [0.15, 0.2) is 0 Å². The van der Waals surface area contributed by atoms with Gasteiger partial charge in [-0.1, -0.05) is 17.3 Å². The number of nitrogens with zero attached hydrogens (tertiary/aromatic N) is 6. The minimum absolute atomic E-state index is 0.00838. The third-order valence-corrected chi connectivity index (χ3v) is 7.82. The van der Waals surface area contributed by atoms with Crippen molar-refractivity contribution in [2.45, 2.75) is 30.4 Å². The molecule has 0 radical (unpaired) electrons. The van der Waals surface area contributed by atoms with Crippen molar-refractivity contribution >= 4 is 25.9 Å². The topological polar surface area (TPSA) is 136 Å². The molecule has 0 amide bonds. The molecule has 0 bridgehead atoms. The van der Waals surface area contributed by atoms with E-state index in [1.807, 2.05) is 0 Å². The van der Waals surface area contributed by atoms with Crippen molar-refractivity contribution < 1.29 is 39.6 Å². The van der Waals surface area contributed by atoms with E-state index >= 15 is 0 Å². The minimum Gasteiger partial charge on any atom is -0.406 e. The molecule has 1 saturated carbocycles. The molecule has 12 nitrogen and oxygen atoms in total. The Morgan fingerprint density at radius 2 is 1.91 bits per heavy atom. The van der Waals surface area contributed by atoms with Gasteiger partial charge in [-0.05, 0) is 25.0 Å². The van der Waals surface area contributed by atoms with Gasteiger partial charge in [-0.2, -0.15) is 17.0 Å². The van der Waals surface area contributed by atoms with Crippen molar-refractivity contribution in [3.8, 4) is 5.75 Å². The van der Waals surface area contributed by atoms with Crippen LogP contribution < -0.4 is 4.74 Å². The molecule has 1 aliphatic carbocycles. The Morgan fingerprint density at radius 1 is 1.24 bits per heavy atom. The second kappa shape index (κ2) is 9.47. The zero-order chi connectivity index (χ0) is 25.3. The smallest absolute Gasteiger partial charge is 0.406 e. The molecular weight excluding hydrogens is 505 g/mol. The lowest BCUT2D eigenvalue weighted by molar-refractivity contribution is -0.274. The lowest BCUT2D eigenvalue weighted by Gasteiger charge is -2.21. The average molecular weight is 527 g/mol. The summed E-state index contributed by atoms with van der Waals surface area (Å²) >= 11 is 0. The normalized spacial score (nSPS) is 15.7. The maximum Gasteiger partial charge on any atom is 0.573 e.